The molecule has 5 rings (SSSR count). The van der Waals surface area contributed by atoms with Gasteiger partial charge in [0, 0.05) is 38.6 Å². The second kappa shape index (κ2) is 17.8. The van der Waals surface area contributed by atoms with Gasteiger partial charge in [-0.15, -0.1) is 0 Å². The molecule has 17 heteroatoms. The third-order valence-corrected chi connectivity index (χ3v) is 8.99. The van der Waals surface area contributed by atoms with Crippen LogP contribution < -0.4 is 15.4 Å². The molecule has 1 aliphatic carbocycles. The molecule has 0 bridgehead atoms. The van der Waals surface area contributed by atoms with E-state index in [4.69, 9.17) is 18.6 Å². The van der Waals surface area contributed by atoms with E-state index >= 15 is 0 Å². The zero-order valence-corrected chi connectivity index (χ0v) is 27.7. The molecule has 1 unspecified atom stereocenters. The SMILES string of the molecule is Cn1c(Nc2cc(CNC(=O)C3(C)CCCO3)ccc2C(F)(F)F)nc2cc(C(=O)CCCC3CCCCC3)c(OCC(F)F)nc21.F.FF.[HH].[HH]. The third-order valence-electron chi connectivity index (χ3n) is 8.99. The van der Waals surface area contributed by atoms with E-state index in [0.29, 0.717) is 30.9 Å². The number of pyridine rings is 1. The smallest absolute Gasteiger partial charge is 0.418 e. The number of nitrogens with one attached hydrogen (secondary N) is 2. The van der Waals surface area contributed by atoms with E-state index in [9.17, 15) is 31.5 Å². The molecule has 2 fully saturated rings. The van der Waals surface area contributed by atoms with Crippen LogP contribution >= 0.6 is 0 Å². The normalized spacial score (nSPS) is 18.0. The number of carbonyl (C=O) groups is 2. The summed E-state index contributed by atoms with van der Waals surface area (Å²) < 4.78 is 96.4. The van der Waals surface area contributed by atoms with Crippen LogP contribution in [0.2, 0.25) is 0 Å². The van der Waals surface area contributed by atoms with Crippen molar-refractivity contribution in [3.8, 4) is 5.88 Å². The van der Waals surface area contributed by atoms with Crippen molar-refractivity contribution >= 4 is 34.5 Å². The summed E-state index contributed by atoms with van der Waals surface area (Å²) in [4.78, 5) is 34.7. The maximum absolute atomic E-state index is 14.0. The third kappa shape index (κ3) is 10.0. The lowest BCUT2D eigenvalue weighted by Gasteiger charge is -2.22. The number of imidazole rings is 1. The summed E-state index contributed by atoms with van der Waals surface area (Å²) in [7, 11) is 1.49. The van der Waals surface area contributed by atoms with Crippen molar-refractivity contribution in [3.05, 3.63) is 41.0 Å². The number of aryl methyl sites for hydroxylation is 1. The van der Waals surface area contributed by atoms with Crippen molar-refractivity contribution in [3.63, 3.8) is 0 Å². The Labute approximate surface area is 286 Å². The molecular formula is C33H45F8N5O4. The van der Waals surface area contributed by atoms with E-state index in [1.165, 1.54) is 49.1 Å². The highest BCUT2D eigenvalue weighted by Gasteiger charge is 2.38. The lowest BCUT2D eigenvalue weighted by atomic mass is 9.85. The number of benzene rings is 1. The minimum absolute atomic E-state index is 0. The number of rotatable bonds is 13. The first-order valence-corrected chi connectivity index (χ1v) is 16.2. The van der Waals surface area contributed by atoms with Gasteiger partial charge in [0.1, 0.15) is 11.1 Å². The predicted molar refractivity (Wildman–Crippen MR) is 174 cm³/mol. The van der Waals surface area contributed by atoms with Crippen molar-refractivity contribution in [1.82, 2.24) is 19.9 Å². The van der Waals surface area contributed by atoms with E-state index in [0.717, 1.165) is 31.7 Å². The van der Waals surface area contributed by atoms with Crippen LogP contribution in [0.1, 0.15) is 95.5 Å². The molecule has 3 aromatic rings. The second-order valence-electron chi connectivity index (χ2n) is 12.6. The van der Waals surface area contributed by atoms with Gasteiger partial charge in [-0.2, -0.15) is 18.2 Å². The summed E-state index contributed by atoms with van der Waals surface area (Å²) in [5.74, 6) is -0.422. The van der Waals surface area contributed by atoms with E-state index < -0.39 is 30.4 Å². The van der Waals surface area contributed by atoms with Gasteiger partial charge in [-0.05, 0) is 55.9 Å². The largest absolute Gasteiger partial charge is 0.471 e. The summed E-state index contributed by atoms with van der Waals surface area (Å²) in [6.45, 7) is 1.12. The van der Waals surface area contributed by atoms with Crippen LogP contribution in [0.5, 0.6) is 5.88 Å². The molecule has 2 aliphatic rings. The molecule has 2 N–H and O–H groups in total. The number of amides is 1. The summed E-state index contributed by atoms with van der Waals surface area (Å²) in [6.07, 6.45) is 1.32. The number of Topliss-reactive ketones (excluding diaryl/α,β-unsaturated/α-hetero) is 1. The zero-order valence-electron chi connectivity index (χ0n) is 27.7. The molecule has 1 saturated carbocycles. The van der Waals surface area contributed by atoms with Crippen molar-refractivity contribution in [1.29, 1.82) is 0 Å². The lowest BCUT2D eigenvalue weighted by molar-refractivity contribution is -0.139. The van der Waals surface area contributed by atoms with Gasteiger partial charge in [0.15, 0.2) is 18.0 Å². The average Bonchev–Trinajstić information content (AvgIpc) is 3.66. The zero-order chi connectivity index (χ0) is 35.8. The molecule has 1 amide bonds. The van der Waals surface area contributed by atoms with E-state index in [-0.39, 0.29) is 66.5 Å². The Morgan fingerprint density at radius 2 is 1.84 bits per heavy atom. The van der Waals surface area contributed by atoms with Crippen molar-refractivity contribution in [2.75, 3.05) is 18.5 Å². The molecule has 0 spiro atoms. The highest BCUT2D eigenvalue weighted by molar-refractivity contribution is 6.00. The fraction of sp³-hybridized carbons (Fsp3) is 0.576. The number of ketones is 1. The highest BCUT2D eigenvalue weighted by Crippen LogP contribution is 2.37. The first-order chi connectivity index (χ1) is 23.3. The van der Waals surface area contributed by atoms with Crippen LogP contribution in [0.4, 0.5) is 47.4 Å². The van der Waals surface area contributed by atoms with Crippen LogP contribution in [0.25, 0.3) is 11.2 Å². The molecule has 50 heavy (non-hydrogen) atoms. The van der Waals surface area contributed by atoms with Gasteiger partial charge in [-0.25, -0.2) is 13.8 Å². The summed E-state index contributed by atoms with van der Waals surface area (Å²) >= 11 is 0. The molecule has 1 saturated heterocycles. The topological polar surface area (TPSA) is 107 Å². The van der Waals surface area contributed by atoms with Gasteiger partial charge < -0.3 is 20.1 Å². The number of alkyl halides is 5. The maximum Gasteiger partial charge on any atom is 0.418 e. The number of anilines is 2. The predicted octanol–water partition coefficient (Wildman–Crippen LogP) is 8.98. The maximum atomic E-state index is 14.0. The molecular weight excluding hydrogens is 682 g/mol. The molecule has 1 atom stereocenters. The molecule has 2 aromatic heterocycles. The van der Waals surface area contributed by atoms with Crippen LogP contribution in [-0.2, 0) is 29.3 Å². The van der Waals surface area contributed by atoms with Gasteiger partial charge in [0.25, 0.3) is 12.3 Å². The lowest BCUT2D eigenvalue weighted by Crippen LogP contribution is -2.43. The van der Waals surface area contributed by atoms with Crippen LogP contribution in [0.3, 0.4) is 0 Å². The number of aromatic nitrogens is 3. The quantitative estimate of drug-likeness (QED) is 0.134. The fourth-order valence-corrected chi connectivity index (χ4v) is 6.32. The Balaban J connectivity index is 0.00000266. The number of hydrogen-bond donors (Lipinski definition) is 2. The highest BCUT2D eigenvalue weighted by atomic mass is 20.0. The fourth-order valence-electron chi connectivity index (χ4n) is 6.32. The Bertz CT molecular complexity index is 1600. The Hall–Kier alpha value is -4.02. The first-order valence-electron chi connectivity index (χ1n) is 16.2. The standard InChI is InChI=1S/C33H40F5N5O4.F2.FH.2H2/c1-32(14-7-15-47-32)30(45)39-18-21-12-13-23(33(36,37)38)24(16-21)40-31-41-25-17-22(26(44)11-6-10-20-8-4-3-5-9-20)29(46-19-27(34)35)42-28(25)43(31)2;1-2;;;/h12-13,16-17,20,27H,3-11,14-15,18-19H2,1-2H3,(H,39,45)(H,40,41);;3*1H. The number of fused-ring (bicyclic) bond motifs is 1. The summed E-state index contributed by atoms with van der Waals surface area (Å²) in [5.41, 5.74) is -1.57. The van der Waals surface area contributed by atoms with Crippen LogP contribution in [0.15, 0.2) is 24.3 Å². The van der Waals surface area contributed by atoms with Crippen LogP contribution in [-0.4, -0.2) is 51.5 Å². The molecule has 0 radical (unpaired) electrons. The molecule has 1 aliphatic heterocycles. The Morgan fingerprint density at radius 3 is 2.48 bits per heavy atom. The summed E-state index contributed by atoms with van der Waals surface area (Å²) in [6, 6.07) is 4.85. The minimum Gasteiger partial charge on any atom is -0.471 e. The van der Waals surface area contributed by atoms with Gasteiger partial charge in [0.2, 0.25) is 11.8 Å². The average molecular weight is 728 g/mol. The van der Waals surface area contributed by atoms with Crippen molar-refractivity contribution in [2.24, 2.45) is 13.0 Å². The molecule has 1 aromatic carbocycles. The van der Waals surface area contributed by atoms with E-state index in [1.807, 2.05) is 0 Å². The van der Waals surface area contributed by atoms with Gasteiger partial charge in [-0.1, -0.05) is 44.6 Å². The molecule has 3 heterocycles. The monoisotopic (exact) mass is 727 g/mol. The van der Waals surface area contributed by atoms with Crippen molar-refractivity contribution < 1.29 is 57.7 Å². The number of hydrogen-bond acceptors (Lipinski definition) is 7. The number of halogens is 8. The molecule has 282 valence electrons. The number of carbonyl (C=O) groups excluding carboxylic acids is 2. The Kier molecular flexibility index (Phi) is 14.4. The second-order valence-corrected chi connectivity index (χ2v) is 12.6. The van der Waals surface area contributed by atoms with Gasteiger partial charge in [0.05, 0.1) is 16.8 Å². The van der Waals surface area contributed by atoms with Gasteiger partial charge in [-0.3, -0.25) is 18.9 Å². The minimum atomic E-state index is -4.72. The number of ether oxygens (including phenoxy) is 2. The molecule has 9 nitrogen and oxygen atoms in total. The number of nitrogens with zero attached hydrogens (tertiary/aromatic N) is 3. The Morgan fingerprint density at radius 1 is 1.12 bits per heavy atom. The van der Waals surface area contributed by atoms with Crippen molar-refractivity contribution in [2.45, 2.75) is 95.9 Å². The first kappa shape index (κ1) is 40.4. The van der Waals surface area contributed by atoms with E-state index in [2.05, 4.69) is 20.6 Å². The van der Waals surface area contributed by atoms with Gasteiger partial charge >= 0.3 is 6.18 Å². The van der Waals surface area contributed by atoms with Crippen LogP contribution in [0, 0.1) is 5.92 Å². The van der Waals surface area contributed by atoms with E-state index in [1.54, 1.807) is 6.92 Å². The summed E-state index contributed by atoms with van der Waals surface area (Å²) in [5, 5.41) is 5.46.